The van der Waals surface area contributed by atoms with E-state index in [-0.39, 0.29) is 29.4 Å². The maximum absolute atomic E-state index is 6.07. The fourth-order valence-corrected chi connectivity index (χ4v) is 3.24. The quantitative estimate of drug-likeness (QED) is 0.387. The Labute approximate surface area is 157 Å². The number of nitrogens with one attached hydrogen (secondary N) is 1. The predicted molar refractivity (Wildman–Crippen MR) is 109 cm³/mol. The molecule has 5 heteroatoms. The Morgan fingerprint density at radius 3 is 2.74 bits per heavy atom. The van der Waals surface area contributed by atoms with Crippen LogP contribution in [0.15, 0.2) is 29.3 Å². The lowest BCUT2D eigenvalue weighted by molar-refractivity contribution is 0.141. The van der Waals surface area contributed by atoms with Gasteiger partial charge in [0.25, 0.3) is 0 Å². The summed E-state index contributed by atoms with van der Waals surface area (Å²) in [5.74, 6) is 0.511. The first kappa shape index (κ1) is 20.2. The molecule has 130 valence electrons. The third kappa shape index (κ3) is 6.30. The van der Waals surface area contributed by atoms with E-state index in [1.165, 1.54) is 31.2 Å². The topological polar surface area (TPSA) is 59.6 Å². The van der Waals surface area contributed by atoms with Gasteiger partial charge in [-0.15, -0.1) is 24.0 Å². The molecule has 0 radical (unpaired) electrons. The molecule has 0 heterocycles. The summed E-state index contributed by atoms with van der Waals surface area (Å²) >= 11 is 0. The largest absolute Gasteiger partial charge is 0.385 e. The van der Waals surface area contributed by atoms with E-state index < -0.39 is 0 Å². The molecule has 1 aliphatic carbocycles. The summed E-state index contributed by atoms with van der Waals surface area (Å²) in [6.07, 6.45) is 7.16. The molecule has 23 heavy (non-hydrogen) atoms. The molecule has 0 atom stereocenters. The van der Waals surface area contributed by atoms with Gasteiger partial charge in [-0.2, -0.15) is 0 Å². The van der Waals surface area contributed by atoms with Crippen LogP contribution in [0, 0.1) is 5.41 Å². The van der Waals surface area contributed by atoms with E-state index in [1.807, 2.05) is 12.1 Å². The van der Waals surface area contributed by atoms with Crippen LogP contribution in [-0.2, 0) is 11.2 Å². The van der Waals surface area contributed by atoms with Crippen LogP contribution in [0.5, 0.6) is 0 Å². The summed E-state index contributed by atoms with van der Waals surface area (Å²) in [5, 5.41) is 3.21. The van der Waals surface area contributed by atoms with Gasteiger partial charge in [0.2, 0.25) is 0 Å². The number of nitrogens with zero attached hydrogens (tertiary/aromatic N) is 1. The number of hydrogen-bond donors (Lipinski definition) is 2. The van der Waals surface area contributed by atoms with E-state index in [9.17, 15) is 0 Å². The maximum Gasteiger partial charge on any atom is 0.193 e. The standard InChI is InChI=1S/C18H29N3O.HI/c1-3-15-7-6-8-16(13-15)21-17(19)20-14-18(11-12-22-2)9-4-5-10-18;/h6-8,13H,3-5,9-12,14H2,1-2H3,(H3,19,20,21);1H. The van der Waals surface area contributed by atoms with Crippen LogP contribution < -0.4 is 11.1 Å². The number of nitrogens with two attached hydrogens (primary N) is 1. The molecule has 0 bridgehead atoms. The third-order valence-electron chi connectivity index (χ3n) is 4.69. The Morgan fingerprint density at radius 2 is 2.09 bits per heavy atom. The summed E-state index contributed by atoms with van der Waals surface area (Å²) in [4.78, 5) is 4.61. The monoisotopic (exact) mass is 431 g/mol. The number of guanidine groups is 1. The molecular formula is C18H30IN3O. The zero-order valence-electron chi connectivity index (χ0n) is 14.3. The number of methoxy groups -OCH3 is 1. The Kier molecular flexibility index (Phi) is 8.91. The number of rotatable bonds is 7. The van der Waals surface area contributed by atoms with Gasteiger partial charge in [0, 0.05) is 25.9 Å². The van der Waals surface area contributed by atoms with E-state index in [0.717, 1.165) is 31.7 Å². The molecule has 0 amide bonds. The van der Waals surface area contributed by atoms with Gasteiger partial charge >= 0.3 is 0 Å². The minimum Gasteiger partial charge on any atom is -0.385 e. The van der Waals surface area contributed by atoms with E-state index in [4.69, 9.17) is 10.5 Å². The van der Waals surface area contributed by atoms with Gasteiger partial charge in [0.05, 0.1) is 0 Å². The first-order valence-corrected chi connectivity index (χ1v) is 8.32. The first-order valence-electron chi connectivity index (χ1n) is 8.32. The Balaban J connectivity index is 0.00000264. The zero-order valence-corrected chi connectivity index (χ0v) is 16.6. The molecule has 0 spiro atoms. The summed E-state index contributed by atoms with van der Waals surface area (Å²) in [6, 6.07) is 8.32. The number of halogens is 1. The Bertz CT molecular complexity index is 499. The van der Waals surface area contributed by atoms with Crippen LogP contribution in [0.25, 0.3) is 0 Å². The molecule has 0 unspecified atom stereocenters. The van der Waals surface area contributed by atoms with Gasteiger partial charge in [-0.05, 0) is 48.8 Å². The van der Waals surface area contributed by atoms with Crippen molar-refractivity contribution >= 4 is 35.6 Å². The number of aliphatic imine (C=N–C) groups is 1. The lowest BCUT2D eigenvalue weighted by atomic mass is 9.83. The lowest BCUT2D eigenvalue weighted by Gasteiger charge is -2.26. The number of ether oxygens (including phenoxy) is 1. The molecule has 0 aromatic heterocycles. The highest BCUT2D eigenvalue weighted by Gasteiger charge is 2.33. The average molecular weight is 431 g/mol. The van der Waals surface area contributed by atoms with Gasteiger partial charge < -0.3 is 15.8 Å². The summed E-state index contributed by atoms with van der Waals surface area (Å²) in [6.45, 7) is 3.75. The maximum atomic E-state index is 6.07. The molecule has 1 aromatic rings. The van der Waals surface area contributed by atoms with Crippen molar-refractivity contribution < 1.29 is 4.74 Å². The van der Waals surface area contributed by atoms with E-state index in [2.05, 4.69) is 29.4 Å². The molecule has 4 nitrogen and oxygen atoms in total. The highest BCUT2D eigenvalue weighted by atomic mass is 127. The molecule has 3 N–H and O–H groups in total. The second kappa shape index (κ2) is 10.1. The normalized spacial score (nSPS) is 16.9. The first-order chi connectivity index (χ1) is 10.7. The third-order valence-corrected chi connectivity index (χ3v) is 4.69. The Morgan fingerprint density at radius 1 is 1.35 bits per heavy atom. The van der Waals surface area contributed by atoms with E-state index in [0.29, 0.717) is 5.96 Å². The van der Waals surface area contributed by atoms with Crippen molar-refractivity contribution in [2.75, 3.05) is 25.6 Å². The minimum atomic E-state index is 0. The van der Waals surface area contributed by atoms with Crippen molar-refractivity contribution in [1.29, 1.82) is 0 Å². The van der Waals surface area contributed by atoms with Crippen LogP contribution in [0.4, 0.5) is 5.69 Å². The molecule has 0 aliphatic heterocycles. The summed E-state index contributed by atoms with van der Waals surface area (Å²) in [5.41, 5.74) is 8.66. The second-order valence-electron chi connectivity index (χ2n) is 6.33. The molecule has 1 aromatic carbocycles. The van der Waals surface area contributed by atoms with E-state index >= 15 is 0 Å². The molecule has 1 aliphatic rings. The van der Waals surface area contributed by atoms with Crippen LogP contribution in [0.3, 0.4) is 0 Å². The van der Waals surface area contributed by atoms with Crippen LogP contribution >= 0.6 is 24.0 Å². The molecule has 2 rings (SSSR count). The summed E-state index contributed by atoms with van der Waals surface area (Å²) in [7, 11) is 1.77. The van der Waals surface area contributed by atoms with Gasteiger partial charge in [-0.3, -0.25) is 4.99 Å². The SMILES string of the molecule is CCc1cccc(NC(N)=NCC2(CCOC)CCCC2)c1.I. The fraction of sp³-hybridized carbons (Fsp3) is 0.611. The number of anilines is 1. The number of aryl methyl sites for hydroxylation is 1. The highest BCUT2D eigenvalue weighted by Crippen LogP contribution is 2.41. The van der Waals surface area contributed by atoms with Gasteiger partial charge in [0.15, 0.2) is 5.96 Å². The van der Waals surface area contributed by atoms with Crippen LogP contribution in [-0.4, -0.2) is 26.2 Å². The van der Waals surface area contributed by atoms with Crippen molar-refractivity contribution in [1.82, 2.24) is 0 Å². The second-order valence-corrected chi connectivity index (χ2v) is 6.33. The van der Waals surface area contributed by atoms with Crippen LogP contribution in [0.1, 0.15) is 44.6 Å². The smallest absolute Gasteiger partial charge is 0.193 e. The van der Waals surface area contributed by atoms with Gasteiger partial charge in [0.1, 0.15) is 0 Å². The molecule has 1 saturated carbocycles. The fourth-order valence-electron chi connectivity index (χ4n) is 3.24. The average Bonchev–Trinajstić information content (AvgIpc) is 3.00. The molecule has 0 saturated heterocycles. The summed E-state index contributed by atoms with van der Waals surface area (Å²) < 4.78 is 5.26. The zero-order chi connectivity index (χ0) is 15.8. The minimum absolute atomic E-state index is 0. The molecule has 1 fully saturated rings. The van der Waals surface area contributed by atoms with Crippen molar-refractivity contribution in [3.63, 3.8) is 0 Å². The van der Waals surface area contributed by atoms with Crippen LogP contribution in [0.2, 0.25) is 0 Å². The van der Waals surface area contributed by atoms with Crippen molar-refractivity contribution in [2.24, 2.45) is 16.1 Å². The number of benzene rings is 1. The highest BCUT2D eigenvalue weighted by molar-refractivity contribution is 14.0. The van der Waals surface area contributed by atoms with E-state index in [1.54, 1.807) is 7.11 Å². The van der Waals surface area contributed by atoms with Gasteiger partial charge in [-0.25, -0.2) is 0 Å². The predicted octanol–water partition coefficient (Wildman–Crippen LogP) is 4.19. The Hall–Kier alpha value is -0.820. The lowest BCUT2D eigenvalue weighted by Crippen LogP contribution is -2.28. The van der Waals surface area contributed by atoms with Crippen molar-refractivity contribution in [3.05, 3.63) is 29.8 Å². The van der Waals surface area contributed by atoms with Crippen molar-refractivity contribution in [3.8, 4) is 0 Å². The van der Waals surface area contributed by atoms with Crippen molar-refractivity contribution in [2.45, 2.75) is 45.4 Å². The molecular weight excluding hydrogens is 401 g/mol. The number of hydrogen-bond acceptors (Lipinski definition) is 2. The van der Waals surface area contributed by atoms with Gasteiger partial charge in [-0.1, -0.05) is 31.9 Å².